The Hall–Kier alpha value is -3.10. The summed E-state index contributed by atoms with van der Waals surface area (Å²) in [5.41, 5.74) is 2.98. The van der Waals surface area contributed by atoms with Crippen molar-refractivity contribution in [2.75, 3.05) is 11.8 Å². The summed E-state index contributed by atoms with van der Waals surface area (Å²) in [4.78, 5) is 12.5. The third kappa shape index (κ3) is 3.96. The molecular formula is C22H20N2O4S2. The van der Waals surface area contributed by atoms with E-state index in [9.17, 15) is 13.2 Å². The number of anilines is 1. The largest absolute Gasteiger partial charge is 0.495 e. The number of sulfonamides is 1. The van der Waals surface area contributed by atoms with E-state index in [1.54, 1.807) is 22.8 Å². The second-order valence-electron chi connectivity index (χ2n) is 6.88. The number of benzene rings is 3. The Labute approximate surface area is 178 Å². The Morgan fingerprint density at radius 2 is 1.80 bits per heavy atom. The van der Waals surface area contributed by atoms with Gasteiger partial charge in [0.25, 0.3) is 10.0 Å². The monoisotopic (exact) mass is 440 g/mol. The average Bonchev–Trinajstić information content (AvgIpc) is 3.03. The van der Waals surface area contributed by atoms with Gasteiger partial charge in [-0.25, -0.2) is 8.42 Å². The second kappa shape index (κ2) is 7.97. The molecule has 4 rings (SSSR count). The molecule has 0 aliphatic heterocycles. The van der Waals surface area contributed by atoms with E-state index in [1.807, 2.05) is 43.3 Å². The van der Waals surface area contributed by atoms with Gasteiger partial charge in [0.15, 0.2) is 0 Å². The first kappa shape index (κ1) is 20.2. The summed E-state index contributed by atoms with van der Waals surface area (Å²) in [6.07, 6.45) is 0. The minimum atomic E-state index is -3.85. The summed E-state index contributed by atoms with van der Waals surface area (Å²) in [6.45, 7) is 2.31. The zero-order valence-electron chi connectivity index (χ0n) is 16.5. The van der Waals surface area contributed by atoms with Crippen molar-refractivity contribution >= 4 is 37.3 Å². The number of methoxy groups -OCH3 is 1. The van der Waals surface area contributed by atoms with Gasteiger partial charge < -0.3 is 4.74 Å². The van der Waals surface area contributed by atoms with E-state index in [0.717, 1.165) is 22.5 Å². The van der Waals surface area contributed by atoms with Crippen molar-refractivity contribution in [2.24, 2.45) is 0 Å². The number of nitrogens with one attached hydrogen (secondary N) is 1. The Kier molecular flexibility index (Phi) is 5.36. The average molecular weight is 441 g/mol. The van der Waals surface area contributed by atoms with Gasteiger partial charge >= 0.3 is 4.87 Å². The van der Waals surface area contributed by atoms with Gasteiger partial charge in [0, 0.05) is 0 Å². The number of hydrogen-bond acceptors (Lipinski definition) is 5. The van der Waals surface area contributed by atoms with Crippen LogP contribution in [0.5, 0.6) is 5.75 Å². The Morgan fingerprint density at radius 1 is 1.03 bits per heavy atom. The molecule has 0 spiro atoms. The molecule has 0 unspecified atom stereocenters. The van der Waals surface area contributed by atoms with Crippen LogP contribution in [-0.4, -0.2) is 20.1 Å². The lowest BCUT2D eigenvalue weighted by atomic mass is 10.2. The number of ether oxygens (including phenoxy) is 1. The van der Waals surface area contributed by atoms with E-state index in [4.69, 9.17) is 4.74 Å². The van der Waals surface area contributed by atoms with Crippen LogP contribution in [0.25, 0.3) is 10.2 Å². The maximum atomic E-state index is 13.0. The summed E-state index contributed by atoms with van der Waals surface area (Å²) >= 11 is 1.04. The first-order chi connectivity index (χ1) is 14.4. The van der Waals surface area contributed by atoms with Gasteiger partial charge in [-0.05, 0) is 48.4 Å². The molecule has 30 heavy (non-hydrogen) atoms. The normalized spacial score (nSPS) is 11.5. The van der Waals surface area contributed by atoms with Gasteiger partial charge in [-0.2, -0.15) is 0 Å². The molecule has 0 saturated carbocycles. The van der Waals surface area contributed by atoms with Crippen LogP contribution in [0.3, 0.4) is 0 Å². The zero-order chi connectivity index (χ0) is 21.3. The molecule has 0 saturated heterocycles. The molecule has 1 N–H and O–H groups in total. The summed E-state index contributed by atoms with van der Waals surface area (Å²) in [7, 11) is -2.36. The minimum Gasteiger partial charge on any atom is -0.495 e. The third-order valence-corrected chi connectivity index (χ3v) is 7.04. The van der Waals surface area contributed by atoms with Crippen LogP contribution in [0.2, 0.25) is 0 Å². The molecule has 0 radical (unpaired) electrons. The van der Waals surface area contributed by atoms with Gasteiger partial charge in [-0.3, -0.25) is 14.1 Å². The lowest BCUT2D eigenvalue weighted by Gasteiger charge is -2.13. The van der Waals surface area contributed by atoms with Crippen LogP contribution in [0.15, 0.2) is 76.4 Å². The maximum absolute atomic E-state index is 13.0. The standard InChI is InChI=1S/C22H20N2O4S2/c1-15-8-11-20(28-2)18(12-15)23-30(26,27)17-9-10-19-21(13-17)29-22(25)24(19)14-16-6-4-3-5-7-16/h3-13,23H,14H2,1-2H3. The highest BCUT2D eigenvalue weighted by molar-refractivity contribution is 7.92. The molecule has 0 atom stereocenters. The molecule has 0 aliphatic carbocycles. The number of thiazole rings is 1. The van der Waals surface area contributed by atoms with Crippen molar-refractivity contribution < 1.29 is 13.2 Å². The molecular weight excluding hydrogens is 420 g/mol. The Bertz CT molecular complexity index is 1370. The highest BCUT2D eigenvalue weighted by Gasteiger charge is 2.19. The van der Waals surface area contributed by atoms with E-state index in [1.165, 1.54) is 19.2 Å². The molecule has 0 aliphatic rings. The molecule has 154 valence electrons. The molecule has 0 amide bonds. The topological polar surface area (TPSA) is 77.4 Å². The smallest absolute Gasteiger partial charge is 0.308 e. The van der Waals surface area contributed by atoms with Crippen molar-refractivity contribution in [3.05, 3.63) is 87.5 Å². The third-order valence-electron chi connectivity index (χ3n) is 4.73. The van der Waals surface area contributed by atoms with E-state index < -0.39 is 10.0 Å². The van der Waals surface area contributed by atoms with E-state index in [0.29, 0.717) is 28.2 Å². The maximum Gasteiger partial charge on any atom is 0.308 e. The number of aryl methyl sites for hydroxylation is 1. The van der Waals surface area contributed by atoms with E-state index in [-0.39, 0.29) is 9.77 Å². The van der Waals surface area contributed by atoms with Crippen LogP contribution >= 0.6 is 11.3 Å². The van der Waals surface area contributed by atoms with Gasteiger partial charge in [0.1, 0.15) is 5.75 Å². The second-order valence-corrected chi connectivity index (χ2v) is 9.55. The van der Waals surface area contributed by atoms with Crippen molar-refractivity contribution in [1.82, 2.24) is 4.57 Å². The number of hydrogen-bond donors (Lipinski definition) is 1. The van der Waals surface area contributed by atoms with Crippen LogP contribution in [0, 0.1) is 6.92 Å². The highest BCUT2D eigenvalue weighted by Crippen LogP contribution is 2.29. The van der Waals surface area contributed by atoms with Gasteiger partial charge in [0.05, 0.1) is 34.5 Å². The van der Waals surface area contributed by atoms with Crippen LogP contribution in [-0.2, 0) is 16.6 Å². The highest BCUT2D eigenvalue weighted by atomic mass is 32.2. The number of nitrogens with zero attached hydrogens (tertiary/aromatic N) is 1. The predicted octanol–water partition coefficient (Wildman–Crippen LogP) is 4.23. The van der Waals surface area contributed by atoms with E-state index >= 15 is 0 Å². The molecule has 4 aromatic rings. The van der Waals surface area contributed by atoms with Crippen molar-refractivity contribution in [1.29, 1.82) is 0 Å². The molecule has 6 nitrogen and oxygen atoms in total. The van der Waals surface area contributed by atoms with Crippen molar-refractivity contribution in [3.8, 4) is 5.75 Å². The molecule has 1 aromatic heterocycles. The Morgan fingerprint density at radius 3 is 2.53 bits per heavy atom. The van der Waals surface area contributed by atoms with Crippen molar-refractivity contribution in [2.45, 2.75) is 18.4 Å². The van der Waals surface area contributed by atoms with E-state index in [2.05, 4.69) is 4.72 Å². The summed E-state index contributed by atoms with van der Waals surface area (Å²) in [6, 6.07) is 19.7. The van der Waals surface area contributed by atoms with Gasteiger partial charge in [-0.15, -0.1) is 0 Å². The van der Waals surface area contributed by atoms with Crippen molar-refractivity contribution in [3.63, 3.8) is 0 Å². The fourth-order valence-electron chi connectivity index (χ4n) is 3.23. The number of fused-ring (bicyclic) bond motifs is 1. The first-order valence-corrected chi connectivity index (χ1v) is 11.5. The summed E-state index contributed by atoms with van der Waals surface area (Å²) in [5.74, 6) is 0.434. The quantitative estimate of drug-likeness (QED) is 0.487. The zero-order valence-corrected chi connectivity index (χ0v) is 18.1. The number of aromatic nitrogens is 1. The summed E-state index contributed by atoms with van der Waals surface area (Å²) in [5, 5.41) is 0. The minimum absolute atomic E-state index is 0.0895. The molecule has 1 heterocycles. The molecule has 0 bridgehead atoms. The SMILES string of the molecule is COc1ccc(C)cc1NS(=O)(=O)c1ccc2c(c1)sc(=O)n2Cc1ccccc1. The molecule has 8 heteroatoms. The Balaban J connectivity index is 1.70. The van der Waals surface area contributed by atoms with Gasteiger partial charge in [0.2, 0.25) is 0 Å². The van der Waals surface area contributed by atoms with Crippen LogP contribution in [0.1, 0.15) is 11.1 Å². The predicted molar refractivity (Wildman–Crippen MR) is 120 cm³/mol. The van der Waals surface area contributed by atoms with Crippen LogP contribution < -0.4 is 14.3 Å². The lowest BCUT2D eigenvalue weighted by Crippen LogP contribution is -2.14. The summed E-state index contributed by atoms with van der Waals surface area (Å²) < 4.78 is 36.0. The first-order valence-electron chi connectivity index (χ1n) is 9.22. The number of rotatable bonds is 6. The molecule has 0 fully saturated rings. The van der Waals surface area contributed by atoms with Crippen LogP contribution in [0.4, 0.5) is 5.69 Å². The molecule has 3 aromatic carbocycles. The van der Waals surface area contributed by atoms with Gasteiger partial charge in [-0.1, -0.05) is 47.7 Å². The fraction of sp³-hybridized carbons (Fsp3) is 0.136. The lowest BCUT2D eigenvalue weighted by molar-refractivity contribution is 0.417. The fourth-order valence-corrected chi connectivity index (χ4v) is 5.33.